The normalized spacial score (nSPS) is 15.3. The molecule has 2 rings (SSSR count). The van der Waals surface area contributed by atoms with Gasteiger partial charge in [0.2, 0.25) is 11.8 Å². The number of nitrogens with zero attached hydrogens (tertiary/aromatic N) is 3. The Bertz CT molecular complexity index is 609. The molecule has 0 aliphatic carbocycles. The van der Waals surface area contributed by atoms with E-state index >= 15 is 0 Å². The van der Waals surface area contributed by atoms with Gasteiger partial charge in [0.1, 0.15) is 6.54 Å². The molecule has 1 aliphatic heterocycles. The average Bonchev–Trinajstić information content (AvgIpc) is 2.46. The molecule has 2 amide bonds. The Morgan fingerprint density at radius 2 is 1.90 bits per heavy atom. The van der Waals surface area contributed by atoms with Gasteiger partial charge in [-0.2, -0.15) is 5.26 Å². The van der Waals surface area contributed by atoms with Gasteiger partial charge >= 0.3 is 0 Å². The predicted molar refractivity (Wildman–Crippen MR) is 78.5 cm³/mol. The molecule has 1 aromatic carbocycles. The third kappa shape index (κ3) is 3.53. The van der Waals surface area contributed by atoms with Gasteiger partial charge in [-0.05, 0) is 24.1 Å². The Morgan fingerprint density at radius 3 is 2.52 bits per heavy atom. The lowest BCUT2D eigenvalue weighted by atomic mass is 10.1. The van der Waals surface area contributed by atoms with Gasteiger partial charge in [-0.25, -0.2) is 0 Å². The number of hydrogen-bond acceptors (Lipinski definition) is 3. The topological polar surface area (TPSA) is 64.4 Å². The van der Waals surface area contributed by atoms with Gasteiger partial charge in [-0.15, -0.1) is 0 Å². The van der Waals surface area contributed by atoms with Crippen molar-refractivity contribution in [3.8, 4) is 6.07 Å². The largest absolute Gasteiger partial charge is 0.332 e. The number of carbonyl (C=O) groups excluding carboxylic acids is 2. The van der Waals surface area contributed by atoms with E-state index < -0.39 is 0 Å². The molecule has 1 heterocycles. The molecule has 1 aliphatic rings. The first-order chi connectivity index (χ1) is 10.0. The van der Waals surface area contributed by atoms with Gasteiger partial charge in [-0.1, -0.05) is 24.6 Å². The molecular formula is C15H16ClN3O2. The zero-order chi connectivity index (χ0) is 15.4. The summed E-state index contributed by atoms with van der Waals surface area (Å²) >= 11 is 6.11. The quantitative estimate of drug-likeness (QED) is 0.852. The van der Waals surface area contributed by atoms with E-state index in [0.717, 1.165) is 12.0 Å². The molecule has 1 fully saturated rings. The van der Waals surface area contributed by atoms with E-state index in [0.29, 0.717) is 17.1 Å². The van der Waals surface area contributed by atoms with Crippen molar-refractivity contribution in [2.24, 2.45) is 0 Å². The minimum Gasteiger partial charge on any atom is -0.332 e. The van der Waals surface area contributed by atoms with Crippen molar-refractivity contribution >= 4 is 23.4 Å². The van der Waals surface area contributed by atoms with Crippen molar-refractivity contribution in [1.82, 2.24) is 9.80 Å². The molecule has 6 heteroatoms. The minimum absolute atomic E-state index is 0.0405. The highest BCUT2D eigenvalue weighted by Gasteiger charge is 2.29. The summed E-state index contributed by atoms with van der Waals surface area (Å²) in [5.74, 6) is -0.121. The summed E-state index contributed by atoms with van der Waals surface area (Å²) < 4.78 is 0. The molecule has 0 bridgehead atoms. The van der Waals surface area contributed by atoms with Crippen molar-refractivity contribution in [1.29, 1.82) is 5.26 Å². The van der Waals surface area contributed by atoms with Crippen molar-refractivity contribution in [2.45, 2.75) is 19.9 Å². The Hall–Kier alpha value is -2.06. The zero-order valence-electron chi connectivity index (χ0n) is 11.8. The number of rotatable bonds is 4. The van der Waals surface area contributed by atoms with Crippen molar-refractivity contribution in [3.05, 3.63) is 34.3 Å². The average molecular weight is 306 g/mol. The van der Waals surface area contributed by atoms with Crippen molar-refractivity contribution in [2.75, 3.05) is 19.6 Å². The molecule has 21 heavy (non-hydrogen) atoms. The lowest BCUT2D eigenvalue weighted by molar-refractivity contribution is -0.150. The third-order valence-electron chi connectivity index (χ3n) is 3.39. The molecule has 0 unspecified atom stereocenters. The van der Waals surface area contributed by atoms with E-state index in [1.54, 1.807) is 23.1 Å². The molecule has 0 radical (unpaired) electrons. The van der Waals surface area contributed by atoms with Crippen LogP contribution in [0.4, 0.5) is 0 Å². The van der Waals surface area contributed by atoms with Crippen LogP contribution >= 0.6 is 11.6 Å². The highest BCUT2D eigenvalue weighted by Crippen LogP contribution is 2.20. The Morgan fingerprint density at radius 1 is 1.24 bits per heavy atom. The maximum atomic E-state index is 12.1. The second kappa shape index (κ2) is 6.59. The number of hydrogen-bond donors (Lipinski definition) is 0. The smallest absolute Gasteiger partial charge is 0.242 e. The van der Waals surface area contributed by atoms with Crippen LogP contribution in [0.2, 0.25) is 5.02 Å². The summed E-state index contributed by atoms with van der Waals surface area (Å²) in [7, 11) is 0. The number of benzene rings is 1. The molecule has 5 nitrogen and oxygen atoms in total. The molecule has 0 aromatic heterocycles. The lowest BCUT2D eigenvalue weighted by Crippen LogP contribution is -2.53. The number of halogens is 1. The van der Waals surface area contributed by atoms with Crippen molar-refractivity contribution in [3.63, 3.8) is 0 Å². The summed E-state index contributed by atoms with van der Waals surface area (Å²) in [6.07, 6.45) is 0.834. The SMILES string of the molecule is CCCN1CC(=O)N(Cc2ccc(C#N)cc2Cl)CC1=O. The highest BCUT2D eigenvalue weighted by atomic mass is 35.5. The van der Waals surface area contributed by atoms with Crippen LogP contribution in [0.5, 0.6) is 0 Å². The van der Waals surface area contributed by atoms with E-state index in [9.17, 15) is 9.59 Å². The summed E-state index contributed by atoms with van der Waals surface area (Å²) in [5, 5.41) is 9.24. The van der Waals surface area contributed by atoms with E-state index in [1.807, 2.05) is 13.0 Å². The first-order valence-electron chi connectivity index (χ1n) is 6.79. The van der Waals surface area contributed by atoms with Crippen LogP contribution in [0.15, 0.2) is 18.2 Å². The monoisotopic (exact) mass is 305 g/mol. The van der Waals surface area contributed by atoms with Crippen LogP contribution in [-0.4, -0.2) is 41.2 Å². The first-order valence-corrected chi connectivity index (χ1v) is 7.17. The molecule has 0 saturated carbocycles. The maximum Gasteiger partial charge on any atom is 0.242 e. The minimum atomic E-state index is -0.0801. The van der Waals surface area contributed by atoms with Gasteiger partial charge in [0.15, 0.2) is 0 Å². The Kier molecular flexibility index (Phi) is 4.81. The molecule has 1 saturated heterocycles. The molecule has 0 spiro atoms. The maximum absolute atomic E-state index is 12.1. The van der Waals surface area contributed by atoms with Crippen molar-refractivity contribution < 1.29 is 9.59 Å². The van der Waals surface area contributed by atoms with E-state index in [-0.39, 0.29) is 31.4 Å². The second-order valence-electron chi connectivity index (χ2n) is 4.98. The Labute approximate surface area is 128 Å². The summed E-state index contributed by atoms with van der Waals surface area (Å²) in [6, 6.07) is 6.95. The van der Waals surface area contributed by atoms with Crippen LogP contribution in [-0.2, 0) is 16.1 Å². The third-order valence-corrected chi connectivity index (χ3v) is 3.75. The van der Waals surface area contributed by atoms with Gasteiger partial charge < -0.3 is 9.80 Å². The summed E-state index contributed by atoms with van der Waals surface area (Å²) in [6.45, 7) is 3.07. The number of amides is 2. The number of piperazine rings is 1. The van der Waals surface area contributed by atoms with E-state index in [2.05, 4.69) is 0 Å². The number of nitriles is 1. The molecular weight excluding hydrogens is 290 g/mol. The van der Waals surface area contributed by atoms with Crippen LogP contribution in [0.1, 0.15) is 24.5 Å². The molecule has 110 valence electrons. The number of carbonyl (C=O) groups is 2. The fraction of sp³-hybridized carbons (Fsp3) is 0.400. The van der Waals surface area contributed by atoms with Crippen LogP contribution < -0.4 is 0 Å². The zero-order valence-corrected chi connectivity index (χ0v) is 12.6. The molecule has 1 aromatic rings. The van der Waals surface area contributed by atoms with E-state index in [4.69, 9.17) is 16.9 Å². The summed E-state index contributed by atoms with van der Waals surface area (Å²) in [4.78, 5) is 27.2. The second-order valence-corrected chi connectivity index (χ2v) is 5.39. The van der Waals surface area contributed by atoms with Crippen LogP contribution in [0.25, 0.3) is 0 Å². The fourth-order valence-electron chi connectivity index (χ4n) is 2.27. The van der Waals surface area contributed by atoms with Crippen LogP contribution in [0, 0.1) is 11.3 Å². The van der Waals surface area contributed by atoms with E-state index in [1.165, 1.54) is 4.90 Å². The lowest BCUT2D eigenvalue weighted by Gasteiger charge is -2.34. The fourth-order valence-corrected chi connectivity index (χ4v) is 2.51. The standard InChI is InChI=1S/C15H16ClN3O2/c1-2-5-18-9-15(21)19(10-14(18)20)8-12-4-3-11(7-17)6-13(12)16/h3-4,6H,2,5,8-10H2,1H3. The van der Waals surface area contributed by atoms with Gasteiger partial charge in [0, 0.05) is 18.1 Å². The first kappa shape index (κ1) is 15.3. The van der Waals surface area contributed by atoms with Gasteiger partial charge in [0.25, 0.3) is 0 Å². The Balaban J connectivity index is 2.09. The van der Waals surface area contributed by atoms with Gasteiger partial charge in [-0.3, -0.25) is 9.59 Å². The summed E-state index contributed by atoms with van der Waals surface area (Å²) in [5.41, 5.74) is 1.21. The molecule has 0 N–H and O–H groups in total. The molecule has 0 atom stereocenters. The highest BCUT2D eigenvalue weighted by molar-refractivity contribution is 6.31. The van der Waals surface area contributed by atoms with Gasteiger partial charge in [0.05, 0.1) is 18.2 Å². The van der Waals surface area contributed by atoms with Crippen LogP contribution in [0.3, 0.4) is 0 Å². The predicted octanol–water partition coefficient (Wildman–Crippen LogP) is 1.79.